The monoisotopic (exact) mass is 425 g/mol. The molecule has 8 heteroatoms. The summed E-state index contributed by atoms with van der Waals surface area (Å²) in [6, 6.07) is 6.17. The Bertz CT molecular complexity index is 941. The number of carbonyl (C=O) groups is 1. The van der Waals surface area contributed by atoms with Gasteiger partial charge in [-0.25, -0.2) is 9.18 Å². The molecule has 1 heterocycles. The van der Waals surface area contributed by atoms with E-state index in [1.54, 1.807) is 6.07 Å². The molecule has 2 aromatic rings. The van der Waals surface area contributed by atoms with Crippen LogP contribution in [0.1, 0.15) is 42.9 Å². The van der Waals surface area contributed by atoms with E-state index in [1.165, 1.54) is 24.1 Å². The summed E-state index contributed by atoms with van der Waals surface area (Å²) in [4.78, 5) is 13.4. The normalized spacial score (nSPS) is 14.8. The second-order valence-corrected chi connectivity index (χ2v) is 7.49. The van der Waals surface area contributed by atoms with E-state index in [1.807, 2.05) is 13.8 Å². The van der Waals surface area contributed by atoms with Crippen LogP contribution in [0.5, 0.6) is 5.75 Å². The van der Waals surface area contributed by atoms with Crippen molar-refractivity contribution in [3.05, 3.63) is 52.8 Å². The molecule has 30 heavy (non-hydrogen) atoms. The summed E-state index contributed by atoms with van der Waals surface area (Å²) in [5.74, 6) is -0.373. The third-order valence-corrected chi connectivity index (χ3v) is 5.08. The van der Waals surface area contributed by atoms with Gasteiger partial charge in [0.2, 0.25) is 0 Å². The van der Waals surface area contributed by atoms with Crippen molar-refractivity contribution >= 4 is 6.09 Å². The van der Waals surface area contributed by atoms with Gasteiger partial charge in [-0.1, -0.05) is 19.9 Å². The number of carbonyl (C=O) groups excluding carboxylic acids is 1. The van der Waals surface area contributed by atoms with Crippen LogP contribution < -0.4 is 4.74 Å². The Labute approximate surface area is 172 Å². The molecule has 0 N–H and O–H groups in total. The molecule has 0 radical (unpaired) electrons. The highest BCUT2D eigenvalue weighted by molar-refractivity contribution is 5.76. The molecule has 4 nitrogen and oxygen atoms in total. The summed E-state index contributed by atoms with van der Waals surface area (Å²) < 4.78 is 64.8. The van der Waals surface area contributed by atoms with E-state index in [-0.39, 0.29) is 30.4 Å². The minimum atomic E-state index is -4.54. The van der Waals surface area contributed by atoms with Gasteiger partial charge in [-0.3, -0.25) is 0 Å². The first-order valence-corrected chi connectivity index (χ1v) is 9.61. The van der Waals surface area contributed by atoms with Crippen LogP contribution >= 0.6 is 0 Å². The molecule has 0 bridgehead atoms. The van der Waals surface area contributed by atoms with Gasteiger partial charge in [0.25, 0.3) is 0 Å². The zero-order chi connectivity index (χ0) is 22.1. The smallest absolute Gasteiger partial charge is 0.416 e. The molecule has 1 fully saturated rings. The average molecular weight is 425 g/mol. The van der Waals surface area contributed by atoms with Crippen LogP contribution in [0.25, 0.3) is 11.1 Å². The Kier molecular flexibility index (Phi) is 6.24. The zero-order valence-corrected chi connectivity index (χ0v) is 17.0. The number of hydrogen-bond acceptors (Lipinski definition) is 3. The van der Waals surface area contributed by atoms with E-state index in [2.05, 4.69) is 0 Å². The number of halogens is 4. The quantitative estimate of drug-likeness (QED) is 0.553. The number of cyclic esters (lactones) is 1. The fraction of sp³-hybridized carbons (Fsp3) is 0.409. The molecule has 1 aliphatic heterocycles. The van der Waals surface area contributed by atoms with Gasteiger partial charge < -0.3 is 14.4 Å². The van der Waals surface area contributed by atoms with E-state index in [0.717, 1.165) is 12.1 Å². The van der Waals surface area contributed by atoms with Crippen molar-refractivity contribution in [3.63, 3.8) is 0 Å². The van der Waals surface area contributed by atoms with Crippen LogP contribution in [0.15, 0.2) is 30.3 Å². The lowest BCUT2D eigenvalue weighted by molar-refractivity contribution is -0.137. The van der Waals surface area contributed by atoms with Gasteiger partial charge in [-0.2, -0.15) is 13.2 Å². The average Bonchev–Trinajstić information content (AvgIpc) is 2.68. The van der Waals surface area contributed by atoms with E-state index in [9.17, 15) is 22.4 Å². The lowest BCUT2D eigenvalue weighted by Gasteiger charge is -2.28. The van der Waals surface area contributed by atoms with E-state index < -0.39 is 23.7 Å². The minimum absolute atomic E-state index is 0.0599. The van der Waals surface area contributed by atoms with Crippen LogP contribution in [-0.4, -0.2) is 31.3 Å². The summed E-state index contributed by atoms with van der Waals surface area (Å²) >= 11 is 0. The second kappa shape index (κ2) is 8.53. The van der Waals surface area contributed by atoms with Gasteiger partial charge in [0.05, 0.1) is 19.3 Å². The maximum absolute atomic E-state index is 14.4. The Morgan fingerprint density at radius 2 is 1.90 bits per heavy atom. The van der Waals surface area contributed by atoms with Crippen molar-refractivity contribution in [1.29, 1.82) is 0 Å². The number of rotatable bonds is 5. The van der Waals surface area contributed by atoms with E-state index in [4.69, 9.17) is 9.47 Å². The Morgan fingerprint density at radius 3 is 2.50 bits per heavy atom. The fourth-order valence-corrected chi connectivity index (χ4v) is 3.50. The first kappa shape index (κ1) is 21.9. The molecule has 1 aliphatic rings. The molecule has 0 spiro atoms. The number of amides is 1. The van der Waals surface area contributed by atoms with Crippen molar-refractivity contribution in [1.82, 2.24) is 4.90 Å². The number of ether oxygens (including phenoxy) is 2. The molecule has 3 rings (SSSR count). The minimum Gasteiger partial charge on any atom is -0.496 e. The van der Waals surface area contributed by atoms with Gasteiger partial charge in [-0.15, -0.1) is 0 Å². The fourth-order valence-electron chi connectivity index (χ4n) is 3.50. The van der Waals surface area contributed by atoms with Crippen LogP contribution in [0.4, 0.5) is 22.4 Å². The summed E-state index contributed by atoms with van der Waals surface area (Å²) in [7, 11) is 1.37. The molecule has 0 aliphatic carbocycles. The first-order valence-electron chi connectivity index (χ1n) is 9.61. The second-order valence-electron chi connectivity index (χ2n) is 7.49. The lowest BCUT2D eigenvalue weighted by Crippen LogP contribution is -2.37. The zero-order valence-electron chi connectivity index (χ0n) is 17.0. The van der Waals surface area contributed by atoms with Crippen molar-refractivity contribution < 1.29 is 31.8 Å². The Morgan fingerprint density at radius 1 is 1.17 bits per heavy atom. The third kappa shape index (κ3) is 4.52. The number of alkyl halides is 3. The van der Waals surface area contributed by atoms with Crippen LogP contribution in [0.2, 0.25) is 0 Å². The number of benzene rings is 2. The van der Waals surface area contributed by atoms with Crippen LogP contribution in [0.3, 0.4) is 0 Å². The molecule has 0 aromatic heterocycles. The van der Waals surface area contributed by atoms with Crippen molar-refractivity contribution in [2.45, 2.75) is 38.9 Å². The topological polar surface area (TPSA) is 38.8 Å². The van der Waals surface area contributed by atoms with Gasteiger partial charge in [-0.05, 0) is 47.2 Å². The summed E-state index contributed by atoms with van der Waals surface area (Å²) in [6.45, 7) is 4.26. The Hall–Kier alpha value is -2.77. The highest BCUT2D eigenvalue weighted by Crippen LogP contribution is 2.39. The molecule has 2 aromatic carbocycles. The largest absolute Gasteiger partial charge is 0.496 e. The molecule has 1 amide bonds. The highest BCUT2D eigenvalue weighted by atomic mass is 19.4. The predicted octanol–water partition coefficient (Wildman–Crippen LogP) is 5.99. The molecule has 162 valence electrons. The van der Waals surface area contributed by atoms with Crippen LogP contribution in [0, 0.1) is 5.82 Å². The SMILES string of the molecule is COc1cc(F)c(C(C)C)cc1-c1ccc(C(F)(F)F)cc1CN1CCCOC1=O. The summed E-state index contributed by atoms with van der Waals surface area (Å²) in [6.07, 6.45) is -4.51. The number of methoxy groups -OCH3 is 1. The third-order valence-electron chi connectivity index (χ3n) is 5.08. The predicted molar refractivity (Wildman–Crippen MR) is 104 cm³/mol. The lowest BCUT2D eigenvalue weighted by atomic mass is 9.92. The maximum atomic E-state index is 14.4. The molecule has 0 saturated carbocycles. The molecular formula is C22H23F4NO3. The number of nitrogens with zero attached hydrogens (tertiary/aromatic N) is 1. The van der Waals surface area contributed by atoms with Gasteiger partial charge in [0.15, 0.2) is 0 Å². The van der Waals surface area contributed by atoms with Gasteiger partial charge in [0, 0.05) is 24.7 Å². The first-order chi connectivity index (χ1) is 14.1. The maximum Gasteiger partial charge on any atom is 0.416 e. The molecule has 1 saturated heterocycles. The van der Waals surface area contributed by atoms with E-state index >= 15 is 0 Å². The van der Waals surface area contributed by atoms with Crippen molar-refractivity contribution in [3.8, 4) is 16.9 Å². The summed E-state index contributed by atoms with van der Waals surface area (Å²) in [5, 5.41) is 0. The van der Waals surface area contributed by atoms with Gasteiger partial charge >= 0.3 is 12.3 Å². The number of hydrogen-bond donors (Lipinski definition) is 0. The van der Waals surface area contributed by atoms with E-state index in [0.29, 0.717) is 29.7 Å². The molecule has 0 unspecified atom stereocenters. The summed E-state index contributed by atoms with van der Waals surface area (Å²) in [5.41, 5.74) is 0.797. The van der Waals surface area contributed by atoms with Gasteiger partial charge in [0.1, 0.15) is 11.6 Å². The van der Waals surface area contributed by atoms with Crippen molar-refractivity contribution in [2.24, 2.45) is 0 Å². The van der Waals surface area contributed by atoms with Crippen molar-refractivity contribution in [2.75, 3.05) is 20.3 Å². The van der Waals surface area contributed by atoms with Crippen LogP contribution in [-0.2, 0) is 17.5 Å². The molecule has 0 atom stereocenters. The Balaban J connectivity index is 2.16. The standard InChI is InChI=1S/C22H23F4NO3/c1-13(2)17-10-18(20(29-3)11-19(17)23)16-6-5-15(22(24,25)26)9-14(16)12-27-7-4-8-30-21(27)28/h5-6,9-11,13H,4,7-8,12H2,1-3H3. The highest BCUT2D eigenvalue weighted by Gasteiger charge is 2.32. The molecular weight excluding hydrogens is 402 g/mol.